The molecule has 9 nitrogen and oxygen atoms in total. The van der Waals surface area contributed by atoms with E-state index in [0.717, 1.165) is 56.9 Å². The number of unbranched alkanes of at least 4 members (excludes halogenated alkanes) is 10. The van der Waals surface area contributed by atoms with Crippen LogP contribution in [0.25, 0.3) is 0 Å². The number of nitrogens with zero attached hydrogens (tertiary/aromatic N) is 5. The number of guanidine groups is 2. The lowest BCUT2D eigenvalue weighted by Crippen LogP contribution is -2.63. The summed E-state index contributed by atoms with van der Waals surface area (Å²) in [5, 5.41) is 15.9. The number of rotatable bonds is 18. The molecular weight excluding hydrogens is 600 g/mol. The molecule has 0 amide bonds. The first-order chi connectivity index (χ1) is 23.3. The van der Waals surface area contributed by atoms with Gasteiger partial charge < -0.3 is 19.9 Å². The number of ether oxygens (including phenoxy) is 1. The quantitative estimate of drug-likeness (QED) is 0.114. The molecule has 0 saturated carbocycles. The van der Waals surface area contributed by atoms with E-state index in [9.17, 15) is 10.0 Å². The van der Waals surface area contributed by atoms with Crippen molar-refractivity contribution in [3.05, 3.63) is 0 Å². The van der Waals surface area contributed by atoms with E-state index in [0.29, 0.717) is 30.2 Å². The SMILES string of the molecule is CCCCCCCCCC1C[C@@H]2CC[C@H]3[C@@H](C(=O)OC(C)CCCCCCC[C@@H]4C[C@@H]5CC[C@H]6C[C@@H](C)N(O)C(=N4)N56)[C@@H](C)N=C(N1)N23. The van der Waals surface area contributed by atoms with Crippen LogP contribution in [0.1, 0.15) is 169 Å². The minimum atomic E-state index is -0.164. The molecule has 2 unspecified atom stereocenters. The summed E-state index contributed by atoms with van der Waals surface area (Å²) in [6.45, 7) is 8.58. The fourth-order valence-electron chi connectivity index (χ4n) is 10.1. The van der Waals surface area contributed by atoms with Crippen molar-refractivity contribution in [2.24, 2.45) is 15.9 Å². The van der Waals surface area contributed by atoms with Crippen LogP contribution in [0.4, 0.5) is 0 Å². The summed E-state index contributed by atoms with van der Waals surface area (Å²) in [6.07, 6.45) is 26.7. The predicted octanol–water partition coefficient (Wildman–Crippen LogP) is 7.80. The Morgan fingerprint density at radius 1 is 0.833 bits per heavy atom. The fourth-order valence-corrected chi connectivity index (χ4v) is 10.1. The Balaban J connectivity index is 0.866. The van der Waals surface area contributed by atoms with Crippen LogP contribution in [0.3, 0.4) is 0 Å². The number of hydrogen-bond donors (Lipinski definition) is 2. The van der Waals surface area contributed by atoms with Crippen molar-refractivity contribution in [3.8, 4) is 0 Å². The highest BCUT2D eigenvalue weighted by Crippen LogP contribution is 2.41. The smallest absolute Gasteiger partial charge is 0.313 e. The standard InChI is InChI=1S/C39H68N6O3/c1-5-6-7-8-9-12-15-18-30-25-34-22-23-35-36(29(4)40-38(41-30)44(34)35)37(46)48-28(3)17-14-11-10-13-16-19-31-26-33-21-20-32-24-27(2)45(47)39(42-31)43(32)33/h27-36,47H,5-26H2,1-4H3,(H,40,41)/t27-,28?,29-,30?,31-,32+,33+,34+,35+,36+/m1/s1. The Morgan fingerprint density at radius 3 is 2.25 bits per heavy atom. The van der Waals surface area contributed by atoms with Gasteiger partial charge in [0.1, 0.15) is 0 Å². The van der Waals surface area contributed by atoms with Crippen LogP contribution in [-0.4, -0.2) is 92.4 Å². The molecule has 10 atom stereocenters. The van der Waals surface area contributed by atoms with E-state index in [1.807, 2.05) is 0 Å². The van der Waals surface area contributed by atoms with E-state index in [1.165, 1.54) is 101 Å². The third kappa shape index (κ3) is 8.29. The summed E-state index contributed by atoms with van der Waals surface area (Å²) >= 11 is 0. The summed E-state index contributed by atoms with van der Waals surface area (Å²) < 4.78 is 6.10. The largest absolute Gasteiger partial charge is 0.462 e. The summed E-state index contributed by atoms with van der Waals surface area (Å²) in [6, 6.07) is 2.85. The summed E-state index contributed by atoms with van der Waals surface area (Å²) in [5.41, 5.74) is 0. The van der Waals surface area contributed by atoms with E-state index < -0.39 is 0 Å². The van der Waals surface area contributed by atoms with E-state index in [2.05, 4.69) is 42.8 Å². The van der Waals surface area contributed by atoms with E-state index in [-0.39, 0.29) is 36.1 Å². The maximum atomic E-state index is 13.5. The molecule has 0 bridgehead atoms. The van der Waals surface area contributed by atoms with Gasteiger partial charge >= 0.3 is 5.97 Å². The van der Waals surface area contributed by atoms with Gasteiger partial charge in [-0.15, -0.1) is 0 Å². The van der Waals surface area contributed by atoms with Crippen molar-refractivity contribution < 1.29 is 14.7 Å². The lowest BCUT2D eigenvalue weighted by molar-refractivity contribution is -0.156. The van der Waals surface area contributed by atoms with E-state index in [4.69, 9.17) is 14.7 Å². The van der Waals surface area contributed by atoms with Gasteiger partial charge in [-0.1, -0.05) is 77.6 Å². The number of aliphatic imine (C=N–C) groups is 2. The number of carbonyl (C=O) groups is 1. The second-order valence-electron chi connectivity index (χ2n) is 16.5. The Bertz CT molecular complexity index is 1120. The molecule has 6 rings (SSSR count). The third-order valence-electron chi connectivity index (χ3n) is 12.8. The average molecular weight is 669 g/mol. The molecule has 4 saturated heterocycles. The molecule has 272 valence electrons. The zero-order valence-corrected chi connectivity index (χ0v) is 30.8. The van der Waals surface area contributed by atoms with Gasteiger partial charge in [-0.25, -0.2) is 15.0 Å². The fraction of sp³-hybridized carbons (Fsp3) is 0.923. The number of hydrogen-bond acceptors (Lipinski definition) is 9. The van der Waals surface area contributed by atoms with Crippen molar-refractivity contribution in [1.82, 2.24) is 20.2 Å². The van der Waals surface area contributed by atoms with Crippen LogP contribution in [0.5, 0.6) is 0 Å². The molecule has 6 aliphatic rings. The van der Waals surface area contributed by atoms with Gasteiger partial charge in [0.05, 0.1) is 30.1 Å². The zero-order chi connectivity index (χ0) is 33.6. The van der Waals surface area contributed by atoms with Crippen molar-refractivity contribution in [1.29, 1.82) is 0 Å². The summed E-state index contributed by atoms with van der Waals surface area (Å²) in [7, 11) is 0. The second-order valence-corrected chi connectivity index (χ2v) is 16.5. The highest BCUT2D eigenvalue weighted by molar-refractivity contribution is 5.86. The molecule has 48 heavy (non-hydrogen) atoms. The van der Waals surface area contributed by atoms with E-state index >= 15 is 0 Å². The molecule has 0 spiro atoms. The molecule has 2 N–H and O–H groups in total. The minimum absolute atomic E-state index is 0.0382. The van der Waals surface area contributed by atoms with Crippen LogP contribution < -0.4 is 5.32 Å². The Hall–Kier alpha value is -2.03. The maximum absolute atomic E-state index is 13.5. The van der Waals surface area contributed by atoms with Crippen LogP contribution in [0.15, 0.2) is 9.98 Å². The number of esters is 1. The lowest BCUT2D eigenvalue weighted by atomic mass is 9.89. The summed E-state index contributed by atoms with van der Waals surface area (Å²) in [4.78, 5) is 28.5. The molecule has 4 fully saturated rings. The number of nitrogens with one attached hydrogen (secondary N) is 1. The topological polar surface area (TPSA) is 93.0 Å². The first-order valence-electron chi connectivity index (χ1n) is 20.5. The molecule has 0 aliphatic carbocycles. The molecule has 0 radical (unpaired) electrons. The molecule has 0 aromatic carbocycles. The first kappa shape index (κ1) is 35.8. The van der Waals surface area contributed by atoms with Gasteiger partial charge in [-0.05, 0) is 91.4 Å². The molecule has 6 aliphatic heterocycles. The number of carbonyl (C=O) groups excluding carboxylic acids is 1. The van der Waals surface area contributed by atoms with Crippen molar-refractivity contribution >= 4 is 17.9 Å². The molecule has 9 heteroatoms. The Kier molecular flexibility index (Phi) is 12.5. The van der Waals surface area contributed by atoms with Crippen LogP contribution >= 0.6 is 0 Å². The maximum Gasteiger partial charge on any atom is 0.313 e. The third-order valence-corrected chi connectivity index (χ3v) is 12.8. The van der Waals surface area contributed by atoms with Gasteiger partial charge in [0.25, 0.3) is 0 Å². The van der Waals surface area contributed by atoms with Gasteiger partial charge in [-0.3, -0.25) is 10.0 Å². The van der Waals surface area contributed by atoms with Crippen LogP contribution in [-0.2, 0) is 9.53 Å². The van der Waals surface area contributed by atoms with Gasteiger partial charge in [0.15, 0.2) is 5.96 Å². The van der Waals surface area contributed by atoms with Crippen LogP contribution in [0, 0.1) is 5.92 Å². The highest BCUT2D eigenvalue weighted by Gasteiger charge is 2.51. The van der Waals surface area contributed by atoms with Crippen molar-refractivity contribution in [2.75, 3.05) is 0 Å². The normalized spacial score (nSPS) is 34.3. The van der Waals surface area contributed by atoms with Crippen LogP contribution in [0.2, 0.25) is 0 Å². The Labute approximate surface area is 291 Å². The van der Waals surface area contributed by atoms with E-state index in [1.54, 1.807) is 0 Å². The molecule has 6 heterocycles. The van der Waals surface area contributed by atoms with Gasteiger partial charge in [-0.2, -0.15) is 0 Å². The highest BCUT2D eigenvalue weighted by atomic mass is 16.5. The molecular formula is C39H68N6O3. The van der Waals surface area contributed by atoms with Crippen molar-refractivity contribution in [2.45, 2.75) is 223 Å². The lowest BCUT2D eigenvalue weighted by Gasteiger charge is -2.47. The monoisotopic (exact) mass is 669 g/mol. The first-order valence-corrected chi connectivity index (χ1v) is 20.5. The van der Waals surface area contributed by atoms with Crippen molar-refractivity contribution in [3.63, 3.8) is 0 Å². The minimum Gasteiger partial charge on any atom is -0.462 e. The van der Waals surface area contributed by atoms with Gasteiger partial charge in [0.2, 0.25) is 5.96 Å². The second kappa shape index (κ2) is 16.8. The van der Waals surface area contributed by atoms with Gasteiger partial charge in [0, 0.05) is 30.2 Å². The Morgan fingerprint density at radius 2 is 1.48 bits per heavy atom. The zero-order valence-electron chi connectivity index (χ0n) is 30.8. The average Bonchev–Trinajstić information content (AvgIpc) is 3.67. The summed E-state index contributed by atoms with van der Waals surface area (Å²) in [5.74, 6) is 1.70. The molecule has 0 aromatic heterocycles. The number of hydroxylamine groups is 2. The molecule has 0 aromatic rings. The predicted molar refractivity (Wildman–Crippen MR) is 193 cm³/mol.